The molecule has 0 bridgehead atoms. The summed E-state index contributed by atoms with van der Waals surface area (Å²) in [7, 11) is 0. The van der Waals surface area contributed by atoms with Gasteiger partial charge in [0.25, 0.3) is 5.91 Å². The Labute approximate surface area is 197 Å². The van der Waals surface area contributed by atoms with Crippen LogP contribution in [0.3, 0.4) is 0 Å². The summed E-state index contributed by atoms with van der Waals surface area (Å²) in [4.78, 5) is 14.5. The maximum atomic E-state index is 14.9. The van der Waals surface area contributed by atoms with Gasteiger partial charge in [0.15, 0.2) is 11.5 Å². The number of likely N-dealkylation sites (tertiary alicyclic amines) is 1. The molecule has 1 fully saturated rings. The summed E-state index contributed by atoms with van der Waals surface area (Å²) in [6, 6.07) is 10.6. The van der Waals surface area contributed by atoms with Crippen LogP contribution in [0.2, 0.25) is 0 Å². The lowest BCUT2D eigenvalue weighted by molar-refractivity contribution is 0.0719. The van der Waals surface area contributed by atoms with Crippen LogP contribution in [-0.2, 0) is 0 Å². The monoisotopic (exact) mass is 453 g/mol. The van der Waals surface area contributed by atoms with Crippen molar-refractivity contribution in [1.29, 1.82) is 0 Å². The molecule has 2 aromatic carbocycles. The van der Waals surface area contributed by atoms with Gasteiger partial charge in [0.05, 0.1) is 11.3 Å². The molecule has 0 saturated carbocycles. The van der Waals surface area contributed by atoms with Crippen molar-refractivity contribution in [2.45, 2.75) is 60.0 Å². The lowest BCUT2D eigenvalue weighted by atomic mass is 10.1. The number of carbonyl (C=O) groups is 1. The number of nitrogens with zero attached hydrogens (tertiary/aromatic N) is 1. The van der Waals surface area contributed by atoms with E-state index in [1.165, 1.54) is 17.7 Å². The van der Waals surface area contributed by atoms with Crippen molar-refractivity contribution in [2.24, 2.45) is 0 Å². The zero-order valence-electron chi connectivity index (χ0n) is 20.5. The average Bonchev–Trinajstić information content (AvgIpc) is 2.75. The summed E-state index contributed by atoms with van der Waals surface area (Å²) >= 11 is 0. The Morgan fingerprint density at radius 3 is 2.12 bits per heavy atom. The van der Waals surface area contributed by atoms with Crippen molar-refractivity contribution >= 4 is 5.91 Å². The highest BCUT2D eigenvalue weighted by atomic mass is 19.1. The van der Waals surface area contributed by atoms with Crippen LogP contribution in [-0.4, -0.2) is 23.9 Å². The number of aryl methyl sites for hydroxylation is 1. The number of hydrogen-bond acceptors (Lipinski definition) is 3. The molecular formula is C28H36FNO3. The SMILES string of the molecule is C=C(C)C.C=C(C)Oc1cc(C(=O)N2CCCCC2)c(F)cc1OC(C)c1ccc(C)cc1. The number of ether oxygens (including phenoxy) is 2. The topological polar surface area (TPSA) is 38.8 Å². The van der Waals surface area contributed by atoms with Gasteiger partial charge in [0, 0.05) is 25.2 Å². The van der Waals surface area contributed by atoms with E-state index in [1.807, 2.05) is 52.0 Å². The average molecular weight is 454 g/mol. The molecular weight excluding hydrogens is 417 g/mol. The van der Waals surface area contributed by atoms with Gasteiger partial charge in [-0.1, -0.05) is 42.0 Å². The summed E-state index contributed by atoms with van der Waals surface area (Å²) in [5, 5.41) is 0. The minimum absolute atomic E-state index is 0.00140. The van der Waals surface area contributed by atoms with Crippen LogP contribution in [0, 0.1) is 12.7 Å². The minimum atomic E-state index is -0.610. The van der Waals surface area contributed by atoms with Gasteiger partial charge in [-0.15, -0.1) is 6.58 Å². The van der Waals surface area contributed by atoms with Gasteiger partial charge >= 0.3 is 0 Å². The van der Waals surface area contributed by atoms with Crippen molar-refractivity contribution in [1.82, 2.24) is 4.90 Å². The number of piperidine rings is 1. The highest BCUT2D eigenvalue weighted by Crippen LogP contribution is 2.35. The van der Waals surface area contributed by atoms with Crippen LogP contribution in [0.15, 0.2) is 60.9 Å². The third-order valence-corrected chi connectivity index (χ3v) is 5.04. The van der Waals surface area contributed by atoms with Gasteiger partial charge in [-0.3, -0.25) is 4.79 Å². The first-order chi connectivity index (χ1) is 15.6. The lowest BCUT2D eigenvalue weighted by Crippen LogP contribution is -2.36. The predicted octanol–water partition coefficient (Wildman–Crippen LogP) is 7.40. The summed E-state index contributed by atoms with van der Waals surface area (Å²) in [5.74, 6) is 0.0421. The Balaban J connectivity index is 0.000000890. The van der Waals surface area contributed by atoms with Crippen LogP contribution in [0.4, 0.5) is 4.39 Å². The first kappa shape index (κ1) is 26.2. The zero-order chi connectivity index (χ0) is 24.5. The summed E-state index contributed by atoms with van der Waals surface area (Å²) in [6.45, 7) is 18.2. The van der Waals surface area contributed by atoms with Gasteiger partial charge in [-0.25, -0.2) is 4.39 Å². The van der Waals surface area contributed by atoms with E-state index in [1.54, 1.807) is 11.8 Å². The van der Waals surface area contributed by atoms with Crippen molar-refractivity contribution in [2.75, 3.05) is 13.1 Å². The second-order valence-electron chi connectivity index (χ2n) is 8.81. The number of carbonyl (C=O) groups excluding carboxylic acids is 1. The highest BCUT2D eigenvalue weighted by Gasteiger charge is 2.24. The van der Waals surface area contributed by atoms with Gasteiger partial charge in [-0.2, -0.15) is 0 Å². The minimum Gasteiger partial charge on any atom is -0.482 e. The number of amides is 1. The summed E-state index contributed by atoms with van der Waals surface area (Å²) < 4.78 is 26.6. The maximum Gasteiger partial charge on any atom is 0.256 e. The fourth-order valence-corrected chi connectivity index (χ4v) is 3.42. The van der Waals surface area contributed by atoms with Crippen molar-refractivity contribution < 1.29 is 18.7 Å². The molecule has 1 unspecified atom stereocenters. The number of hydrogen-bond donors (Lipinski definition) is 0. The third-order valence-electron chi connectivity index (χ3n) is 5.04. The van der Waals surface area contributed by atoms with Crippen molar-refractivity contribution in [3.8, 4) is 11.5 Å². The number of allylic oxidation sites excluding steroid dienone is 2. The van der Waals surface area contributed by atoms with Crippen molar-refractivity contribution in [3.05, 3.63) is 83.4 Å². The number of rotatable bonds is 6. The van der Waals surface area contributed by atoms with Crippen LogP contribution in [0.25, 0.3) is 0 Å². The fourth-order valence-electron chi connectivity index (χ4n) is 3.42. The van der Waals surface area contributed by atoms with Gasteiger partial charge < -0.3 is 14.4 Å². The predicted molar refractivity (Wildman–Crippen MR) is 132 cm³/mol. The van der Waals surface area contributed by atoms with Gasteiger partial charge in [0.2, 0.25) is 0 Å². The Morgan fingerprint density at radius 2 is 1.58 bits per heavy atom. The molecule has 1 heterocycles. The molecule has 1 aliphatic heterocycles. The first-order valence-electron chi connectivity index (χ1n) is 11.4. The van der Waals surface area contributed by atoms with Crippen molar-refractivity contribution in [3.63, 3.8) is 0 Å². The van der Waals surface area contributed by atoms with Crippen LogP contribution >= 0.6 is 0 Å². The smallest absolute Gasteiger partial charge is 0.256 e. The molecule has 2 aromatic rings. The lowest BCUT2D eigenvalue weighted by Gasteiger charge is -2.27. The van der Waals surface area contributed by atoms with E-state index in [0.29, 0.717) is 24.6 Å². The van der Waals surface area contributed by atoms with Crippen LogP contribution in [0.1, 0.15) is 74.5 Å². The van der Waals surface area contributed by atoms with Gasteiger partial charge in [-0.05, 0) is 59.4 Å². The van der Waals surface area contributed by atoms with E-state index in [-0.39, 0.29) is 23.3 Å². The molecule has 1 saturated heterocycles. The third kappa shape index (κ3) is 8.08. The molecule has 4 nitrogen and oxygen atoms in total. The Kier molecular flexibility index (Phi) is 9.71. The summed E-state index contributed by atoms with van der Waals surface area (Å²) in [6.07, 6.45) is 2.67. The highest BCUT2D eigenvalue weighted by molar-refractivity contribution is 5.95. The molecule has 0 N–H and O–H groups in total. The van der Waals surface area contributed by atoms with E-state index < -0.39 is 5.82 Å². The zero-order valence-corrected chi connectivity index (χ0v) is 20.5. The largest absolute Gasteiger partial charge is 0.482 e. The quantitative estimate of drug-likeness (QED) is 0.338. The molecule has 0 aromatic heterocycles. The molecule has 1 aliphatic rings. The van der Waals surface area contributed by atoms with E-state index in [0.717, 1.165) is 30.4 Å². The van der Waals surface area contributed by atoms with Gasteiger partial charge in [0.1, 0.15) is 11.9 Å². The molecule has 5 heteroatoms. The van der Waals surface area contributed by atoms with E-state index in [2.05, 4.69) is 13.2 Å². The molecule has 33 heavy (non-hydrogen) atoms. The molecule has 3 rings (SSSR count). The van der Waals surface area contributed by atoms with E-state index >= 15 is 0 Å². The summed E-state index contributed by atoms with van der Waals surface area (Å²) in [5.41, 5.74) is 3.28. The van der Waals surface area contributed by atoms with E-state index in [4.69, 9.17) is 9.47 Å². The Hall–Kier alpha value is -3.08. The molecule has 0 aliphatic carbocycles. The molecule has 0 radical (unpaired) electrons. The Morgan fingerprint density at radius 1 is 1.00 bits per heavy atom. The number of halogens is 1. The maximum absolute atomic E-state index is 14.9. The molecule has 178 valence electrons. The molecule has 0 spiro atoms. The molecule has 1 amide bonds. The fraction of sp³-hybridized carbons (Fsp3) is 0.393. The second kappa shape index (κ2) is 12.2. The standard InChI is InChI=1S/C24H28FNO3.C4H8/c1-16(2)28-22-14-20(24(27)26-12-6-5-7-13-26)21(25)15-23(22)29-18(4)19-10-8-17(3)9-11-19;1-4(2)3/h8-11,14-15,18H,1,5-7,12-13H2,2-4H3;1H2,2-3H3. The first-order valence-corrected chi connectivity index (χ1v) is 11.4. The normalized spacial score (nSPS) is 13.9. The Bertz CT molecular complexity index is 971. The number of benzene rings is 2. The van der Waals surface area contributed by atoms with Crippen LogP contribution in [0.5, 0.6) is 11.5 Å². The second-order valence-corrected chi connectivity index (χ2v) is 8.81. The van der Waals surface area contributed by atoms with Crippen LogP contribution < -0.4 is 9.47 Å². The van der Waals surface area contributed by atoms with E-state index in [9.17, 15) is 9.18 Å². The molecule has 1 atom stereocenters.